The van der Waals surface area contributed by atoms with Gasteiger partial charge in [0.05, 0.1) is 6.10 Å². The second-order valence-corrected chi connectivity index (χ2v) is 6.35. The summed E-state index contributed by atoms with van der Waals surface area (Å²) in [6.45, 7) is 1.24. The van der Waals surface area contributed by atoms with Gasteiger partial charge >= 0.3 is 6.03 Å². The Kier molecular flexibility index (Phi) is 4.44. The molecule has 0 aliphatic heterocycles. The number of aryl methyl sites for hydroxylation is 2. The molecule has 4 nitrogen and oxygen atoms in total. The van der Waals surface area contributed by atoms with Gasteiger partial charge in [0, 0.05) is 13.1 Å². The monoisotopic (exact) mass is 288 g/mol. The molecule has 2 aliphatic carbocycles. The summed E-state index contributed by atoms with van der Waals surface area (Å²) in [6.07, 6.45) is 6.11. The summed E-state index contributed by atoms with van der Waals surface area (Å²) in [6, 6.07) is 6.40. The van der Waals surface area contributed by atoms with Gasteiger partial charge < -0.3 is 15.7 Å². The zero-order chi connectivity index (χ0) is 14.7. The summed E-state index contributed by atoms with van der Waals surface area (Å²) < 4.78 is 0. The molecule has 0 heterocycles. The smallest absolute Gasteiger partial charge is 0.315 e. The fraction of sp³-hybridized carbons (Fsp3) is 0.588. The highest BCUT2D eigenvalue weighted by atomic mass is 16.3. The SMILES string of the molecule is O=C(NCc1ccc2c(c1)CCC2)NC[C@@H]1CC[C@H](O)C1. The van der Waals surface area contributed by atoms with Crippen molar-refractivity contribution in [3.05, 3.63) is 34.9 Å². The predicted octanol–water partition coefficient (Wildman–Crippen LogP) is 2.14. The quantitative estimate of drug-likeness (QED) is 0.795. The second kappa shape index (κ2) is 6.48. The van der Waals surface area contributed by atoms with Crippen molar-refractivity contribution in [2.45, 2.75) is 51.2 Å². The van der Waals surface area contributed by atoms with Crippen LogP contribution < -0.4 is 10.6 Å². The van der Waals surface area contributed by atoms with Gasteiger partial charge in [0.15, 0.2) is 0 Å². The number of amides is 2. The minimum absolute atomic E-state index is 0.114. The zero-order valence-corrected chi connectivity index (χ0v) is 12.4. The van der Waals surface area contributed by atoms with Gasteiger partial charge in [-0.25, -0.2) is 4.79 Å². The molecule has 0 radical (unpaired) electrons. The number of fused-ring (bicyclic) bond motifs is 1. The third-order valence-electron chi connectivity index (χ3n) is 4.68. The van der Waals surface area contributed by atoms with Crippen molar-refractivity contribution in [1.82, 2.24) is 10.6 Å². The lowest BCUT2D eigenvalue weighted by Gasteiger charge is -2.12. The molecule has 1 aromatic rings. The maximum atomic E-state index is 11.8. The van der Waals surface area contributed by atoms with Gasteiger partial charge in [0.2, 0.25) is 0 Å². The standard InChI is InChI=1S/C17H24N2O2/c20-16-7-5-13(9-16)11-19-17(21)18-10-12-4-6-14-2-1-3-15(14)8-12/h4,6,8,13,16,20H,1-3,5,7,9-11H2,(H2,18,19,21)/t13-,16+/m1/s1. The number of benzene rings is 1. The Morgan fingerprint density at radius 1 is 1.19 bits per heavy atom. The summed E-state index contributed by atoms with van der Waals surface area (Å²) in [5.41, 5.74) is 4.07. The first-order valence-electron chi connectivity index (χ1n) is 8.01. The zero-order valence-electron chi connectivity index (χ0n) is 12.4. The third-order valence-corrected chi connectivity index (χ3v) is 4.68. The van der Waals surface area contributed by atoms with E-state index in [0.29, 0.717) is 19.0 Å². The van der Waals surface area contributed by atoms with E-state index in [-0.39, 0.29) is 12.1 Å². The molecule has 0 unspecified atom stereocenters. The fourth-order valence-corrected chi connectivity index (χ4v) is 3.45. The summed E-state index contributed by atoms with van der Waals surface area (Å²) >= 11 is 0. The number of urea groups is 1. The first-order valence-corrected chi connectivity index (χ1v) is 8.01. The molecular weight excluding hydrogens is 264 g/mol. The molecule has 114 valence electrons. The molecule has 2 atom stereocenters. The van der Waals surface area contributed by atoms with Crippen molar-refractivity contribution in [3.8, 4) is 0 Å². The van der Waals surface area contributed by atoms with Crippen molar-refractivity contribution in [1.29, 1.82) is 0 Å². The lowest BCUT2D eigenvalue weighted by molar-refractivity contribution is 0.177. The average Bonchev–Trinajstić information content (AvgIpc) is 3.10. The van der Waals surface area contributed by atoms with Gasteiger partial charge in [-0.1, -0.05) is 18.2 Å². The van der Waals surface area contributed by atoms with E-state index < -0.39 is 0 Å². The van der Waals surface area contributed by atoms with Crippen molar-refractivity contribution < 1.29 is 9.90 Å². The van der Waals surface area contributed by atoms with Gasteiger partial charge in [-0.15, -0.1) is 0 Å². The lowest BCUT2D eigenvalue weighted by atomic mass is 10.1. The van der Waals surface area contributed by atoms with Crippen molar-refractivity contribution in [2.24, 2.45) is 5.92 Å². The summed E-state index contributed by atoms with van der Waals surface area (Å²) in [5.74, 6) is 0.422. The van der Waals surface area contributed by atoms with Crippen LogP contribution in [0.15, 0.2) is 18.2 Å². The Hall–Kier alpha value is -1.55. The Morgan fingerprint density at radius 3 is 2.86 bits per heavy atom. The topological polar surface area (TPSA) is 61.4 Å². The largest absolute Gasteiger partial charge is 0.393 e. The van der Waals surface area contributed by atoms with Gasteiger partial charge in [0.1, 0.15) is 0 Å². The minimum atomic E-state index is -0.175. The van der Waals surface area contributed by atoms with Crippen LogP contribution in [0.5, 0.6) is 0 Å². The Bertz CT molecular complexity index is 516. The van der Waals surface area contributed by atoms with Crippen LogP contribution in [0.1, 0.15) is 42.4 Å². The minimum Gasteiger partial charge on any atom is -0.393 e. The predicted molar refractivity (Wildman–Crippen MR) is 82.1 cm³/mol. The van der Waals surface area contributed by atoms with Crippen LogP contribution >= 0.6 is 0 Å². The van der Waals surface area contributed by atoms with E-state index in [4.69, 9.17) is 0 Å². The maximum Gasteiger partial charge on any atom is 0.315 e. The molecular formula is C17H24N2O2. The average molecular weight is 288 g/mol. The molecule has 1 aromatic carbocycles. The van der Waals surface area contributed by atoms with E-state index in [1.807, 2.05) is 0 Å². The van der Waals surface area contributed by atoms with Crippen LogP contribution in [0.2, 0.25) is 0 Å². The molecule has 4 heteroatoms. The van der Waals surface area contributed by atoms with Crippen molar-refractivity contribution in [3.63, 3.8) is 0 Å². The van der Waals surface area contributed by atoms with E-state index in [1.54, 1.807) is 0 Å². The highest BCUT2D eigenvalue weighted by Crippen LogP contribution is 2.24. The van der Waals surface area contributed by atoms with Gasteiger partial charge in [0.25, 0.3) is 0 Å². The van der Waals surface area contributed by atoms with E-state index in [0.717, 1.165) is 19.3 Å². The highest BCUT2D eigenvalue weighted by Gasteiger charge is 2.22. The summed E-state index contributed by atoms with van der Waals surface area (Å²) in [5, 5.41) is 15.3. The molecule has 3 N–H and O–H groups in total. The van der Waals surface area contributed by atoms with Gasteiger partial charge in [-0.3, -0.25) is 0 Å². The van der Waals surface area contributed by atoms with Crippen molar-refractivity contribution >= 4 is 6.03 Å². The van der Waals surface area contributed by atoms with Crippen LogP contribution in [0.4, 0.5) is 4.79 Å². The molecule has 1 saturated carbocycles. The molecule has 0 spiro atoms. The molecule has 2 aliphatic rings. The van der Waals surface area contributed by atoms with Crippen LogP contribution in [0, 0.1) is 5.92 Å². The van der Waals surface area contributed by atoms with E-state index in [2.05, 4.69) is 28.8 Å². The Morgan fingerprint density at radius 2 is 2.05 bits per heavy atom. The molecule has 2 amide bonds. The first kappa shape index (κ1) is 14.4. The van der Waals surface area contributed by atoms with E-state index in [1.165, 1.54) is 36.0 Å². The Labute approximate surface area is 125 Å². The first-order chi connectivity index (χ1) is 10.2. The Balaban J connectivity index is 1.41. The number of carbonyl (C=O) groups excluding carboxylic acids is 1. The fourth-order valence-electron chi connectivity index (χ4n) is 3.45. The normalized spacial score (nSPS) is 23.9. The number of carbonyl (C=O) groups is 1. The number of hydrogen-bond donors (Lipinski definition) is 3. The van der Waals surface area contributed by atoms with Crippen LogP contribution in [0.25, 0.3) is 0 Å². The summed E-state index contributed by atoms with van der Waals surface area (Å²) in [7, 11) is 0. The lowest BCUT2D eigenvalue weighted by Crippen LogP contribution is -2.37. The van der Waals surface area contributed by atoms with E-state index in [9.17, 15) is 9.90 Å². The van der Waals surface area contributed by atoms with Crippen LogP contribution in [-0.2, 0) is 19.4 Å². The molecule has 0 saturated heterocycles. The van der Waals surface area contributed by atoms with Crippen molar-refractivity contribution in [2.75, 3.05) is 6.54 Å². The third kappa shape index (κ3) is 3.76. The summed E-state index contributed by atoms with van der Waals surface area (Å²) in [4.78, 5) is 11.8. The molecule has 3 rings (SSSR count). The maximum absolute atomic E-state index is 11.8. The number of hydrogen-bond acceptors (Lipinski definition) is 2. The van der Waals surface area contributed by atoms with E-state index >= 15 is 0 Å². The number of aliphatic hydroxyl groups excluding tert-OH is 1. The highest BCUT2D eigenvalue weighted by molar-refractivity contribution is 5.73. The molecule has 21 heavy (non-hydrogen) atoms. The molecule has 0 bridgehead atoms. The van der Waals surface area contributed by atoms with Crippen LogP contribution in [-0.4, -0.2) is 23.8 Å². The molecule has 0 aromatic heterocycles. The second-order valence-electron chi connectivity index (χ2n) is 6.35. The molecule has 1 fully saturated rings. The number of nitrogens with one attached hydrogen (secondary N) is 2. The van der Waals surface area contributed by atoms with Gasteiger partial charge in [-0.05, 0) is 61.1 Å². The van der Waals surface area contributed by atoms with Crippen LogP contribution in [0.3, 0.4) is 0 Å². The van der Waals surface area contributed by atoms with Gasteiger partial charge in [-0.2, -0.15) is 0 Å². The number of rotatable bonds is 4. The number of aliphatic hydroxyl groups is 1.